The second-order valence-corrected chi connectivity index (χ2v) is 7.35. The van der Waals surface area contributed by atoms with Crippen molar-refractivity contribution in [2.24, 2.45) is 5.41 Å². The summed E-state index contributed by atoms with van der Waals surface area (Å²) in [5, 5.41) is 3.22. The fraction of sp³-hybridized carbons (Fsp3) is 1.00. The van der Waals surface area contributed by atoms with Crippen LogP contribution in [-0.4, -0.2) is 50.3 Å². The van der Waals surface area contributed by atoms with Crippen LogP contribution in [0.5, 0.6) is 0 Å². The van der Waals surface area contributed by atoms with Gasteiger partial charge in [-0.2, -0.15) is 0 Å². The van der Waals surface area contributed by atoms with Crippen molar-refractivity contribution in [3.8, 4) is 0 Å². The third-order valence-electron chi connectivity index (χ3n) is 5.05. The number of hydrogen-bond acceptors (Lipinski definition) is 3. The minimum atomic E-state index is 0.439. The van der Waals surface area contributed by atoms with E-state index in [1.165, 1.54) is 38.5 Å². The lowest BCUT2D eigenvalue weighted by molar-refractivity contribution is 0.0135. The Kier molecular flexibility index (Phi) is 5.27. The van der Waals surface area contributed by atoms with Gasteiger partial charge in [-0.15, -0.1) is 0 Å². The Morgan fingerprint density at radius 1 is 1.11 bits per heavy atom. The maximum atomic E-state index is 6.10. The first-order chi connectivity index (χ1) is 9.00. The molecule has 1 N–H and O–H groups in total. The lowest BCUT2D eigenvalue weighted by atomic mass is 9.75. The van der Waals surface area contributed by atoms with Crippen LogP contribution >= 0.6 is 0 Å². The SMILES string of the molecule is CNCC1CCC(CN(C)C2CCC(C)(C)CC2)O1. The van der Waals surface area contributed by atoms with Crippen LogP contribution in [0, 0.1) is 5.41 Å². The molecule has 2 unspecified atom stereocenters. The molecule has 1 saturated heterocycles. The van der Waals surface area contributed by atoms with E-state index in [1.54, 1.807) is 0 Å². The summed E-state index contributed by atoms with van der Waals surface area (Å²) in [4.78, 5) is 2.56. The van der Waals surface area contributed by atoms with Gasteiger partial charge >= 0.3 is 0 Å². The van der Waals surface area contributed by atoms with E-state index in [2.05, 4.69) is 31.1 Å². The van der Waals surface area contributed by atoms with Crippen LogP contribution in [0.2, 0.25) is 0 Å². The molecule has 2 fully saturated rings. The Labute approximate surface area is 119 Å². The molecular formula is C16H32N2O. The molecule has 1 heterocycles. The number of rotatable bonds is 5. The number of nitrogens with one attached hydrogen (secondary N) is 1. The van der Waals surface area contributed by atoms with E-state index in [1.807, 2.05) is 7.05 Å². The van der Waals surface area contributed by atoms with E-state index >= 15 is 0 Å². The highest BCUT2D eigenvalue weighted by Crippen LogP contribution is 2.36. The molecule has 2 aliphatic rings. The van der Waals surface area contributed by atoms with E-state index in [0.717, 1.165) is 19.1 Å². The smallest absolute Gasteiger partial charge is 0.0707 e. The predicted octanol–water partition coefficient (Wildman–Crippen LogP) is 2.65. The summed E-state index contributed by atoms with van der Waals surface area (Å²) in [7, 11) is 4.30. The highest BCUT2D eigenvalue weighted by molar-refractivity contribution is 4.85. The normalized spacial score (nSPS) is 32.1. The molecule has 0 aromatic rings. The summed E-state index contributed by atoms with van der Waals surface area (Å²) >= 11 is 0. The molecule has 2 atom stereocenters. The maximum absolute atomic E-state index is 6.10. The summed E-state index contributed by atoms with van der Waals surface area (Å²) in [5.41, 5.74) is 0.569. The van der Waals surface area contributed by atoms with Crippen molar-refractivity contribution in [1.82, 2.24) is 10.2 Å². The van der Waals surface area contributed by atoms with Gasteiger partial charge in [0, 0.05) is 19.1 Å². The average molecular weight is 268 g/mol. The van der Waals surface area contributed by atoms with Gasteiger partial charge in [0.2, 0.25) is 0 Å². The molecule has 0 amide bonds. The van der Waals surface area contributed by atoms with E-state index in [-0.39, 0.29) is 0 Å². The van der Waals surface area contributed by atoms with Crippen LogP contribution in [0.3, 0.4) is 0 Å². The fourth-order valence-electron chi connectivity index (χ4n) is 3.59. The third kappa shape index (κ3) is 4.44. The van der Waals surface area contributed by atoms with Crippen molar-refractivity contribution in [3.05, 3.63) is 0 Å². The minimum Gasteiger partial charge on any atom is -0.372 e. The third-order valence-corrected chi connectivity index (χ3v) is 5.05. The lowest BCUT2D eigenvalue weighted by Gasteiger charge is -2.39. The second-order valence-electron chi connectivity index (χ2n) is 7.35. The van der Waals surface area contributed by atoms with Crippen LogP contribution in [-0.2, 0) is 4.74 Å². The zero-order valence-electron chi connectivity index (χ0n) is 13.2. The van der Waals surface area contributed by atoms with E-state index in [9.17, 15) is 0 Å². The highest BCUT2D eigenvalue weighted by atomic mass is 16.5. The molecule has 3 heteroatoms. The van der Waals surface area contributed by atoms with Gasteiger partial charge in [-0.05, 0) is 58.0 Å². The van der Waals surface area contributed by atoms with E-state index in [4.69, 9.17) is 4.74 Å². The van der Waals surface area contributed by atoms with Crippen molar-refractivity contribution in [1.29, 1.82) is 0 Å². The summed E-state index contributed by atoms with van der Waals surface area (Å²) in [6, 6.07) is 0.778. The first-order valence-corrected chi connectivity index (χ1v) is 8.00. The molecular weight excluding hydrogens is 236 g/mol. The predicted molar refractivity (Wildman–Crippen MR) is 80.5 cm³/mol. The van der Waals surface area contributed by atoms with Crippen molar-refractivity contribution in [3.63, 3.8) is 0 Å². The molecule has 2 rings (SSSR count). The van der Waals surface area contributed by atoms with Crippen molar-refractivity contribution >= 4 is 0 Å². The maximum Gasteiger partial charge on any atom is 0.0707 e. The molecule has 1 aliphatic heterocycles. The Hall–Kier alpha value is -0.120. The van der Waals surface area contributed by atoms with Crippen LogP contribution in [0.4, 0.5) is 0 Å². The Balaban J connectivity index is 1.71. The molecule has 19 heavy (non-hydrogen) atoms. The molecule has 1 aliphatic carbocycles. The number of likely N-dealkylation sites (N-methyl/N-ethyl adjacent to an activating group) is 2. The molecule has 1 saturated carbocycles. The molecule has 0 spiro atoms. The minimum absolute atomic E-state index is 0.439. The summed E-state index contributed by atoms with van der Waals surface area (Å²) < 4.78 is 6.10. The Bertz CT molecular complexity index is 270. The topological polar surface area (TPSA) is 24.5 Å². The van der Waals surface area contributed by atoms with Crippen LogP contribution < -0.4 is 5.32 Å². The monoisotopic (exact) mass is 268 g/mol. The lowest BCUT2D eigenvalue weighted by Crippen LogP contribution is -2.41. The van der Waals surface area contributed by atoms with Crippen LogP contribution in [0.15, 0.2) is 0 Å². The molecule has 112 valence electrons. The van der Waals surface area contributed by atoms with Gasteiger partial charge in [0.25, 0.3) is 0 Å². The number of ether oxygens (including phenoxy) is 1. The molecule has 0 radical (unpaired) electrons. The standard InChI is InChI=1S/C16H32N2O/c1-16(2)9-7-13(8-10-16)18(4)12-15-6-5-14(19-15)11-17-3/h13-15,17H,5-12H2,1-4H3. The van der Waals surface area contributed by atoms with Gasteiger partial charge in [0.05, 0.1) is 12.2 Å². The number of hydrogen-bond donors (Lipinski definition) is 1. The summed E-state index contributed by atoms with van der Waals surface area (Å²) in [6.45, 7) is 6.93. The van der Waals surface area contributed by atoms with Gasteiger partial charge in [0.1, 0.15) is 0 Å². The summed E-state index contributed by atoms with van der Waals surface area (Å²) in [5.74, 6) is 0. The second kappa shape index (κ2) is 6.55. The summed E-state index contributed by atoms with van der Waals surface area (Å²) in [6.07, 6.45) is 8.80. The molecule has 3 nitrogen and oxygen atoms in total. The van der Waals surface area contributed by atoms with E-state index < -0.39 is 0 Å². The average Bonchev–Trinajstić information content (AvgIpc) is 2.77. The van der Waals surface area contributed by atoms with Gasteiger partial charge in [-0.1, -0.05) is 13.8 Å². The zero-order chi connectivity index (χ0) is 13.9. The molecule has 0 aromatic heterocycles. The van der Waals surface area contributed by atoms with Crippen LogP contribution in [0.1, 0.15) is 52.4 Å². The quantitative estimate of drug-likeness (QED) is 0.829. The molecule has 0 aromatic carbocycles. The fourth-order valence-corrected chi connectivity index (χ4v) is 3.59. The Morgan fingerprint density at radius 3 is 2.37 bits per heavy atom. The highest BCUT2D eigenvalue weighted by Gasteiger charge is 2.31. The van der Waals surface area contributed by atoms with Crippen LogP contribution in [0.25, 0.3) is 0 Å². The first-order valence-electron chi connectivity index (χ1n) is 8.00. The van der Waals surface area contributed by atoms with Gasteiger partial charge < -0.3 is 15.0 Å². The van der Waals surface area contributed by atoms with Gasteiger partial charge in [0.15, 0.2) is 0 Å². The number of nitrogens with zero attached hydrogens (tertiary/aromatic N) is 1. The largest absolute Gasteiger partial charge is 0.372 e. The first kappa shape index (κ1) is 15.3. The van der Waals surface area contributed by atoms with Crippen molar-refractivity contribution in [2.75, 3.05) is 27.2 Å². The van der Waals surface area contributed by atoms with Gasteiger partial charge in [-0.25, -0.2) is 0 Å². The zero-order valence-corrected chi connectivity index (χ0v) is 13.2. The van der Waals surface area contributed by atoms with Crippen molar-refractivity contribution < 1.29 is 4.74 Å². The van der Waals surface area contributed by atoms with Crippen molar-refractivity contribution in [2.45, 2.75) is 70.6 Å². The molecule has 0 bridgehead atoms. The van der Waals surface area contributed by atoms with E-state index in [0.29, 0.717) is 17.6 Å². The van der Waals surface area contributed by atoms with Gasteiger partial charge in [-0.3, -0.25) is 0 Å². The Morgan fingerprint density at radius 2 is 1.74 bits per heavy atom.